The van der Waals surface area contributed by atoms with Crippen LogP contribution in [0, 0.1) is 5.82 Å². The molecule has 0 aliphatic heterocycles. The zero-order valence-electron chi connectivity index (χ0n) is 8.63. The highest BCUT2D eigenvalue weighted by Gasteiger charge is 2.12. The van der Waals surface area contributed by atoms with Gasteiger partial charge in [-0.3, -0.25) is 0 Å². The van der Waals surface area contributed by atoms with E-state index < -0.39 is 11.9 Å². The molecule has 1 N–H and O–H groups in total. The molecule has 1 aromatic carbocycles. The van der Waals surface area contributed by atoms with E-state index in [9.17, 15) is 9.50 Å². The number of hydrogen-bond donors (Lipinski definition) is 1. The van der Waals surface area contributed by atoms with Crippen LogP contribution in [0.15, 0.2) is 30.4 Å². The molecule has 0 saturated heterocycles. The third-order valence-corrected chi connectivity index (χ3v) is 2.40. The molecule has 82 valence electrons. The largest absolute Gasteiger partial charge is 0.388 e. The van der Waals surface area contributed by atoms with Gasteiger partial charge in [0.15, 0.2) is 0 Å². The average molecular weight is 229 g/mol. The summed E-state index contributed by atoms with van der Waals surface area (Å²) in [5.74, 6) is -0.423. The summed E-state index contributed by atoms with van der Waals surface area (Å²) in [6.07, 6.45) is 0.320. The van der Waals surface area contributed by atoms with Crippen molar-refractivity contribution in [3.8, 4) is 0 Å². The number of benzene rings is 1. The lowest BCUT2D eigenvalue weighted by Gasteiger charge is -2.12. The van der Waals surface area contributed by atoms with Gasteiger partial charge in [0.1, 0.15) is 5.82 Å². The van der Waals surface area contributed by atoms with Crippen molar-refractivity contribution in [2.75, 3.05) is 0 Å². The summed E-state index contributed by atoms with van der Waals surface area (Å²) in [5, 5.41) is 10.2. The van der Waals surface area contributed by atoms with Crippen molar-refractivity contribution in [2.45, 2.75) is 25.9 Å². The molecular formula is C12H14ClFO. The summed E-state index contributed by atoms with van der Waals surface area (Å²) < 4.78 is 13.3. The zero-order valence-corrected chi connectivity index (χ0v) is 9.39. The van der Waals surface area contributed by atoms with Crippen LogP contribution in [-0.4, -0.2) is 5.11 Å². The molecule has 0 aromatic heterocycles. The van der Waals surface area contributed by atoms with E-state index in [-0.39, 0.29) is 5.56 Å². The fraction of sp³-hybridized carbons (Fsp3) is 0.333. The average Bonchev–Trinajstić information content (AvgIpc) is 2.18. The molecule has 0 aliphatic rings. The molecule has 0 saturated carbocycles. The first-order valence-corrected chi connectivity index (χ1v) is 5.16. The minimum Gasteiger partial charge on any atom is -0.388 e. The van der Waals surface area contributed by atoms with Gasteiger partial charge in [0, 0.05) is 10.6 Å². The molecule has 1 unspecified atom stereocenters. The highest BCUT2D eigenvalue weighted by molar-refractivity contribution is 6.30. The summed E-state index contributed by atoms with van der Waals surface area (Å²) in [4.78, 5) is 0. The van der Waals surface area contributed by atoms with E-state index in [0.29, 0.717) is 17.9 Å². The maximum absolute atomic E-state index is 13.3. The SMILES string of the molecule is C=C(C)CCC(O)c1cc(Cl)ccc1F. The number of hydrogen-bond acceptors (Lipinski definition) is 1. The second-order valence-corrected chi connectivity index (χ2v) is 4.11. The summed E-state index contributed by atoms with van der Waals surface area (Å²) in [6, 6.07) is 4.19. The molecule has 0 amide bonds. The summed E-state index contributed by atoms with van der Waals surface area (Å²) >= 11 is 5.73. The molecule has 1 rings (SSSR count). The van der Waals surface area contributed by atoms with Crippen LogP contribution in [0.4, 0.5) is 4.39 Å². The maximum Gasteiger partial charge on any atom is 0.129 e. The smallest absolute Gasteiger partial charge is 0.129 e. The molecule has 0 bridgehead atoms. The van der Waals surface area contributed by atoms with Crippen molar-refractivity contribution in [3.05, 3.63) is 46.8 Å². The molecule has 3 heteroatoms. The summed E-state index contributed by atoms with van der Waals surface area (Å²) in [7, 11) is 0. The Bertz CT molecular complexity index is 363. The fourth-order valence-corrected chi connectivity index (χ4v) is 1.49. The van der Waals surface area contributed by atoms with Crippen molar-refractivity contribution < 1.29 is 9.50 Å². The van der Waals surface area contributed by atoms with Crippen molar-refractivity contribution in [2.24, 2.45) is 0 Å². The number of allylic oxidation sites excluding steroid dienone is 1. The van der Waals surface area contributed by atoms with Gasteiger partial charge in [-0.1, -0.05) is 17.2 Å². The Labute approximate surface area is 94.2 Å². The van der Waals surface area contributed by atoms with Crippen LogP contribution < -0.4 is 0 Å². The van der Waals surface area contributed by atoms with Gasteiger partial charge < -0.3 is 5.11 Å². The van der Waals surface area contributed by atoms with E-state index in [1.165, 1.54) is 18.2 Å². The Morgan fingerprint density at radius 3 is 2.87 bits per heavy atom. The Morgan fingerprint density at radius 1 is 1.60 bits per heavy atom. The van der Waals surface area contributed by atoms with Crippen molar-refractivity contribution in [1.82, 2.24) is 0 Å². The summed E-state index contributed by atoms with van der Waals surface area (Å²) in [5.41, 5.74) is 1.22. The van der Waals surface area contributed by atoms with Gasteiger partial charge in [0.2, 0.25) is 0 Å². The van der Waals surface area contributed by atoms with Crippen LogP contribution in [0.3, 0.4) is 0 Å². The molecule has 0 spiro atoms. The third kappa shape index (κ3) is 3.65. The minimum atomic E-state index is -0.819. The monoisotopic (exact) mass is 228 g/mol. The predicted octanol–water partition coefficient (Wildman–Crippen LogP) is 3.87. The topological polar surface area (TPSA) is 20.2 Å². The Kier molecular flexibility index (Phi) is 4.30. The van der Waals surface area contributed by atoms with E-state index in [4.69, 9.17) is 11.6 Å². The first kappa shape index (κ1) is 12.2. The number of aliphatic hydroxyl groups excluding tert-OH is 1. The van der Waals surface area contributed by atoms with Crippen molar-refractivity contribution in [3.63, 3.8) is 0 Å². The second kappa shape index (κ2) is 5.29. The lowest BCUT2D eigenvalue weighted by atomic mass is 10.0. The molecule has 0 fully saturated rings. The van der Waals surface area contributed by atoms with Crippen LogP contribution in [0.25, 0.3) is 0 Å². The lowest BCUT2D eigenvalue weighted by molar-refractivity contribution is 0.163. The van der Waals surface area contributed by atoms with Crippen LogP contribution in [0.2, 0.25) is 5.02 Å². The minimum absolute atomic E-state index is 0.253. The summed E-state index contributed by atoms with van der Waals surface area (Å²) in [6.45, 7) is 5.61. The number of halogens is 2. The fourth-order valence-electron chi connectivity index (χ4n) is 1.31. The van der Waals surface area contributed by atoms with Crippen LogP contribution in [0.1, 0.15) is 31.4 Å². The Hall–Kier alpha value is -0.860. The quantitative estimate of drug-likeness (QED) is 0.776. The number of rotatable bonds is 4. The van der Waals surface area contributed by atoms with E-state index in [1.807, 2.05) is 6.92 Å². The van der Waals surface area contributed by atoms with Gasteiger partial charge in [-0.15, -0.1) is 6.58 Å². The standard InChI is InChI=1S/C12H14ClFO/c1-8(2)3-6-12(15)10-7-9(13)4-5-11(10)14/h4-5,7,12,15H,1,3,6H2,2H3. The maximum atomic E-state index is 13.3. The van der Waals surface area contributed by atoms with Crippen molar-refractivity contribution >= 4 is 11.6 Å². The molecule has 0 heterocycles. The van der Waals surface area contributed by atoms with Crippen LogP contribution in [0.5, 0.6) is 0 Å². The van der Waals surface area contributed by atoms with Gasteiger partial charge in [-0.2, -0.15) is 0 Å². The van der Waals surface area contributed by atoms with Gasteiger partial charge >= 0.3 is 0 Å². The first-order chi connectivity index (χ1) is 7.00. The lowest BCUT2D eigenvalue weighted by Crippen LogP contribution is -2.00. The second-order valence-electron chi connectivity index (χ2n) is 3.68. The van der Waals surface area contributed by atoms with Crippen LogP contribution >= 0.6 is 11.6 Å². The Morgan fingerprint density at radius 2 is 2.27 bits per heavy atom. The van der Waals surface area contributed by atoms with Crippen LogP contribution in [-0.2, 0) is 0 Å². The molecule has 1 nitrogen and oxygen atoms in total. The van der Waals surface area contributed by atoms with Gasteiger partial charge in [-0.25, -0.2) is 4.39 Å². The third-order valence-electron chi connectivity index (χ3n) is 2.16. The molecular weight excluding hydrogens is 215 g/mol. The van der Waals surface area contributed by atoms with Gasteiger partial charge in [0.05, 0.1) is 6.10 Å². The Balaban J connectivity index is 2.76. The molecule has 1 atom stereocenters. The van der Waals surface area contributed by atoms with E-state index in [2.05, 4.69) is 6.58 Å². The van der Waals surface area contributed by atoms with E-state index in [0.717, 1.165) is 5.57 Å². The van der Waals surface area contributed by atoms with Crippen molar-refractivity contribution in [1.29, 1.82) is 0 Å². The van der Waals surface area contributed by atoms with E-state index in [1.54, 1.807) is 0 Å². The first-order valence-electron chi connectivity index (χ1n) is 4.78. The normalized spacial score (nSPS) is 12.5. The zero-order chi connectivity index (χ0) is 11.4. The molecule has 0 aliphatic carbocycles. The number of aliphatic hydroxyl groups is 1. The molecule has 1 aromatic rings. The molecule has 0 radical (unpaired) electrons. The van der Waals surface area contributed by atoms with E-state index >= 15 is 0 Å². The highest BCUT2D eigenvalue weighted by atomic mass is 35.5. The predicted molar refractivity (Wildman–Crippen MR) is 60.4 cm³/mol. The highest BCUT2D eigenvalue weighted by Crippen LogP contribution is 2.25. The molecule has 15 heavy (non-hydrogen) atoms. The van der Waals surface area contributed by atoms with Gasteiger partial charge in [-0.05, 0) is 38.0 Å². The van der Waals surface area contributed by atoms with Gasteiger partial charge in [0.25, 0.3) is 0 Å².